The van der Waals surface area contributed by atoms with Crippen LogP contribution in [-0.4, -0.2) is 32.6 Å². The minimum atomic E-state index is -3.84. The van der Waals surface area contributed by atoms with E-state index in [2.05, 4.69) is 4.72 Å². The maximum Gasteiger partial charge on any atom is 0.337 e. The van der Waals surface area contributed by atoms with Crippen molar-refractivity contribution < 1.29 is 18.3 Å². The molecule has 7 heteroatoms. The number of nitrogens with one attached hydrogen (secondary N) is 1. The van der Waals surface area contributed by atoms with E-state index in [0.29, 0.717) is 11.3 Å². The monoisotopic (exact) mass is 418 g/mol. The van der Waals surface area contributed by atoms with E-state index in [1.807, 2.05) is 38.7 Å². The Morgan fingerprint density at radius 2 is 1.55 bits per heavy atom. The van der Waals surface area contributed by atoms with E-state index in [1.54, 1.807) is 25.1 Å². The van der Waals surface area contributed by atoms with Gasteiger partial charge in [0.1, 0.15) is 0 Å². The van der Waals surface area contributed by atoms with Gasteiger partial charge in [-0.3, -0.25) is 4.72 Å². The van der Waals surface area contributed by atoms with Crippen molar-refractivity contribution in [2.24, 2.45) is 0 Å². The van der Waals surface area contributed by atoms with Crippen LogP contribution in [0.5, 0.6) is 0 Å². The van der Waals surface area contributed by atoms with Crippen LogP contribution in [0.25, 0.3) is 0 Å². The van der Waals surface area contributed by atoms with Gasteiger partial charge in [-0.15, -0.1) is 0 Å². The summed E-state index contributed by atoms with van der Waals surface area (Å²) in [6, 6.07) is 8.17. The van der Waals surface area contributed by atoms with E-state index in [0.717, 1.165) is 37.1 Å². The van der Waals surface area contributed by atoms with Gasteiger partial charge < -0.3 is 10.0 Å². The lowest BCUT2D eigenvalue weighted by atomic mass is 10.1. The van der Waals surface area contributed by atoms with Gasteiger partial charge in [0.15, 0.2) is 0 Å². The Labute approximate surface area is 173 Å². The molecule has 6 nitrogen and oxygen atoms in total. The quantitative estimate of drug-likeness (QED) is 0.614. The number of aromatic carboxylic acids is 1. The minimum Gasteiger partial charge on any atom is -0.478 e. The van der Waals surface area contributed by atoms with Crippen molar-refractivity contribution in [3.8, 4) is 0 Å². The molecule has 0 fully saturated rings. The van der Waals surface area contributed by atoms with E-state index < -0.39 is 16.0 Å². The van der Waals surface area contributed by atoms with Gasteiger partial charge in [0, 0.05) is 18.8 Å². The number of anilines is 2. The summed E-state index contributed by atoms with van der Waals surface area (Å²) in [5, 5.41) is 9.70. The highest BCUT2D eigenvalue weighted by Gasteiger charge is 2.21. The zero-order valence-electron chi connectivity index (χ0n) is 17.7. The third-order valence-corrected chi connectivity index (χ3v) is 6.41. The standard InChI is InChI=1S/C22H30N2O4S/c1-6-10-24(11-7-2)20-9-8-18(14-19(20)22(25)26)23-29(27,28)21-13-16(4)15(3)12-17(21)5/h8-9,12-14,23H,6-7,10-11H2,1-5H3,(H,25,26). The van der Waals surface area contributed by atoms with Gasteiger partial charge >= 0.3 is 5.97 Å². The summed E-state index contributed by atoms with van der Waals surface area (Å²) in [7, 11) is -3.84. The van der Waals surface area contributed by atoms with Crippen molar-refractivity contribution in [1.82, 2.24) is 0 Å². The first-order valence-corrected chi connectivity index (χ1v) is 11.3. The number of benzene rings is 2. The predicted molar refractivity (Wildman–Crippen MR) is 118 cm³/mol. The largest absolute Gasteiger partial charge is 0.478 e. The number of hydrogen-bond acceptors (Lipinski definition) is 4. The summed E-state index contributed by atoms with van der Waals surface area (Å²) in [5.41, 5.74) is 3.47. The van der Waals surface area contributed by atoms with Gasteiger partial charge in [-0.25, -0.2) is 13.2 Å². The Bertz CT molecular complexity index is 994. The van der Waals surface area contributed by atoms with Gasteiger partial charge in [-0.05, 0) is 74.6 Å². The molecular formula is C22H30N2O4S. The smallest absolute Gasteiger partial charge is 0.337 e. The van der Waals surface area contributed by atoms with Gasteiger partial charge in [-0.2, -0.15) is 0 Å². The number of rotatable bonds is 9. The van der Waals surface area contributed by atoms with Crippen molar-refractivity contribution in [1.29, 1.82) is 0 Å². The second-order valence-electron chi connectivity index (χ2n) is 7.33. The minimum absolute atomic E-state index is 0.0870. The van der Waals surface area contributed by atoms with Crippen LogP contribution in [-0.2, 0) is 10.0 Å². The van der Waals surface area contributed by atoms with Crippen molar-refractivity contribution >= 4 is 27.4 Å². The zero-order valence-corrected chi connectivity index (χ0v) is 18.6. The van der Waals surface area contributed by atoms with Gasteiger partial charge in [0.05, 0.1) is 16.1 Å². The van der Waals surface area contributed by atoms with Gasteiger partial charge in [0.2, 0.25) is 0 Å². The van der Waals surface area contributed by atoms with E-state index in [-0.39, 0.29) is 16.1 Å². The fourth-order valence-corrected chi connectivity index (χ4v) is 4.73. The fraction of sp³-hybridized carbons (Fsp3) is 0.409. The highest BCUT2D eigenvalue weighted by Crippen LogP contribution is 2.28. The van der Waals surface area contributed by atoms with E-state index in [4.69, 9.17) is 0 Å². The number of hydrogen-bond donors (Lipinski definition) is 2. The molecule has 0 aliphatic carbocycles. The molecule has 0 unspecified atom stereocenters. The summed E-state index contributed by atoms with van der Waals surface area (Å²) in [6.45, 7) is 11.1. The molecule has 0 aromatic heterocycles. The Hall–Kier alpha value is -2.54. The molecule has 0 amide bonds. The van der Waals surface area contributed by atoms with Crippen LogP contribution in [0.2, 0.25) is 0 Å². The van der Waals surface area contributed by atoms with Crippen LogP contribution in [0.15, 0.2) is 35.2 Å². The highest BCUT2D eigenvalue weighted by molar-refractivity contribution is 7.92. The molecule has 158 valence electrons. The molecule has 2 rings (SSSR count). The molecular weight excluding hydrogens is 388 g/mol. The molecule has 2 N–H and O–H groups in total. The third kappa shape index (κ3) is 5.29. The fourth-order valence-electron chi connectivity index (χ4n) is 3.37. The molecule has 0 saturated carbocycles. The first kappa shape index (κ1) is 22.7. The number of carboxylic acids is 1. The van der Waals surface area contributed by atoms with Crippen molar-refractivity contribution in [3.63, 3.8) is 0 Å². The Balaban J connectivity index is 2.44. The number of carbonyl (C=O) groups is 1. The molecule has 0 radical (unpaired) electrons. The van der Waals surface area contributed by atoms with Crippen LogP contribution >= 0.6 is 0 Å². The maximum atomic E-state index is 12.9. The number of nitrogens with zero attached hydrogens (tertiary/aromatic N) is 1. The summed E-state index contributed by atoms with van der Waals surface area (Å²) in [5.74, 6) is -1.08. The second-order valence-corrected chi connectivity index (χ2v) is 8.98. The van der Waals surface area contributed by atoms with Crippen LogP contribution in [0, 0.1) is 20.8 Å². The normalized spacial score (nSPS) is 11.3. The Morgan fingerprint density at radius 1 is 0.966 bits per heavy atom. The van der Waals surface area contributed by atoms with Crippen LogP contribution < -0.4 is 9.62 Å². The molecule has 0 aliphatic heterocycles. The van der Waals surface area contributed by atoms with Crippen molar-refractivity contribution in [2.75, 3.05) is 22.7 Å². The number of sulfonamides is 1. The SMILES string of the molecule is CCCN(CCC)c1ccc(NS(=O)(=O)c2cc(C)c(C)cc2C)cc1C(=O)O. The van der Waals surface area contributed by atoms with Crippen LogP contribution in [0.4, 0.5) is 11.4 Å². The molecule has 0 spiro atoms. The maximum absolute atomic E-state index is 12.9. The lowest BCUT2D eigenvalue weighted by Crippen LogP contribution is -2.27. The van der Waals surface area contributed by atoms with E-state index >= 15 is 0 Å². The average molecular weight is 419 g/mol. The molecule has 0 bridgehead atoms. The molecule has 0 saturated heterocycles. The summed E-state index contributed by atoms with van der Waals surface area (Å²) in [4.78, 5) is 14.1. The first-order valence-electron chi connectivity index (χ1n) is 9.83. The Kier molecular flexibility index (Phi) is 7.30. The second kappa shape index (κ2) is 9.31. The zero-order chi connectivity index (χ0) is 21.8. The molecule has 2 aromatic rings. The molecule has 0 aliphatic rings. The molecule has 2 aromatic carbocycles. The van der Waals surface area contributed by atoms with Gasteiger partial charge in [0.25, 0.3) is 10.0 Å². The van der Waals surface area contributed by atoms with Crippen LogP contribution in [0.1, 0.15) is 53.7 Å². The average Bonchev–Trinajstić information content (AvgIpc) is 2.64. The molecule has 29 heavy (non-hydrogen) atoms. The molecule has 0 heterocycles. The number of carboxylic acid groups (broad SMARTS) is 1. The van der Waals surface area contributed by atoms with E-state index in [1.165, 1.54) is 6.07 Å². The van der Waals surface area contributed by atoms with Gasteiger partial charge in [-0.1, -0.05) is 19.9 Å². The Morgan fingerprint density at radius 3 is 2.10 bits per heavy atom. The third-order valence-electron chi connectivity index (χ3n) is 4.89. The first-order chi connectivity index (χ1) is 13.6. The lowest BCUT2D eigenvalue weighted by Gasteiger charge is -2.26. The van der Waals surface area contributed by atoms with Crippen LogP contribution in [0.3, 0.4) is 0 Å². The summed E-state index contributed by atoms with van der Waals surface area (Å²) < 4.78 is 28.4. The number of aryl methyl sites for hydroxylation is 3. The topological polar surface area (TPSA) is 86.7 Å². The van der Waals surface area contributed by atoms with E-state index in [9.17, 15) is 18.3 Å². The highest BCUT2D eigenvalue weighted by atomic mass is 32.2. The van der Waals surface area contributed by atoms with Crippen molar-refractivity contribution in [3.05, 3.63) is 52.6 Å². The summed E-state index contributed by atoms with van der Waals surface area (Å²) >= 11 is 0. The lowest BCUT2D eigenvalue weighted by molar-refractivity contribution is 0.0697. The predicted octanol–water partition coefficient (Wildman–Crippen LogP) is 4.74. The summed E-state index contributed by atoms with van der Waals surface area (Å²) in [6.07, 6.45) is 1.78. The van der Waals surface area contributed by atoms with Crippen molar-refractivity contribution in [2.45, 2.75) is 52.4 Å². The molecule has 0 atom stereocenters.